The van der Waals surface area contributed by atoms with Crippen molar-refractivity contribution < 1.29 is 19.4 Å². The number of para-hydroxylation sites is 1. The summed E-state index contributed by atoms with van der Waals surface area (Å²) in [7, 11) is 3.17. The maximum Gasteiger partial charge on any atom is 0.255 e. The SMILES string of the molecule is COc1ccc(-c2nn(-c3ccccc3)cc2C(=O)NCC(C)(O)C2CCCC2)c(OC)c1. The van der Waals surface area contributed by atoms with Gasteiger partial charge in [0.1, 0.15) is 17.2 Å². The molecule has 0 saturated heterocycles. The molecular formula is C26H31N3O4. The first-order valence-corrected chi connectivity index (χ1v) is 11.3. The van der Waals surface area contributed by atoms with Crippen molar-refractivity contribution in [3.8, 4) is 28.4 Å². The summed E-state index contributed by atoms with van der Waals surface area (Å²) in [6.45, 7) is 2.00. The number of methoxy groups -OCH3 is 2. The van der Waals surface area contributed by atoms with Crippen LogP contribution in [0.1, 0.15) is 43.0 Å². The Bertz CT molecular complexity index is 1100. The van der Waals surface area contributed by atoms with Gasteiger partial charge in [-0.1, -0.05) is 31.0 Å². The molecule has 1 heterocycles. The van der Waals surface area contributed by atoms with Crippen LogP contribution < -0.4 is 14.8 Å². The van der Waals surface area contributed by atoms with Gasteiger partial charge in [-0.15, -0.1) is 0 Å². The monoisotopic (exact) mass is 449 g/mol. The molecule has 1 fully saturated rings. The molecule has 1 amide bonds. The average molecular weight is 450 g/mol. The fraction of sp³-hybridized carbons (Fsp3) is 0.385. The third-order valence-corrected chi connectivity index (χ3v) is 6.48. The number of ether oxygens (including phenoxy) is 2. The highest BCUT2D eigenvalue weighted by atomic mass is 16.5. The van der Waals surface area contributed by atoms with E-state index in [2.05, 4.69) is 5.32 Å². The summed E-state index contributed by atoms with van der Waals surface area (Å²) >= 11 is 0. The van der Waals surface area contributed by atoms with Gasteiger partial charge in [-0.05, 0) is 49.9 Å². The third kappa shape index (κ3) is 4.88. The zero-order chi connectivity index (χ0) is 23.4. The van der Waals surface area contributed by atoms with E-state index in [4.69, 9.17) is 14.6 Å². The van der Waals surface area contributed by atoms with Crippen LogP contribution in [0.5, 0.6) is 11.5 Å². The van der Waals surface area contributed by atoms with Crippen LogP contribution in [0.15, 0.2) is 54.7 Å². The van der Waals surface area contributed by atoms with Gasteiger partial charge < -0.3 is 19.9 Å². The third-order valence-electron chi connectivity index (χ3n) is 6.48. The number of hydrogen-bond acceptors (Lipinski definition) is 5. The van der Waals surface area contributed by atoms with Crippen molar-refractivity contribution in [3.63, 3.8) is 0 Å². The molecule has 1 aliphatic carbocycles. The number of aromatic nitrogens is 2. The van der Waals surface area contributed by atoms with Crippen molar-refractivity contribution >= 4 is 5.91 Å². The quantitative estimate of drug-likeness (QED) is 0.538. The number of benzene rings is 2. The second-order valence-corrected chi connectivity index (χ2v) is 8.76. The second-order valence-electron chi connectivity index (χ2n) is 8.76. The van der Waals surface area contributed by atoms with Crippen LogP contribution in [0.25, 0.3) is 16.9 Å². The fourth-order valence-corrected chi connectivity index (χ4v) is 4.49. The molecule has 174 valence electrons. The van der Waals surface area contributed by atoms with E-state index >= 15 is 0 Å². The Labute approximate surface area is 194 Å². The molecule has 1 unspecified atom stereocenters. The standard InChI is InChI=1S/C26H31N3O4/c1-26(31,18-9-7-8-10-18)17-27-25(30)22-16-29(19-11-5-4-6-12-19)28-24(22)21-14-13-20(32-2)15-23(21)33-3/h4-6,11-16,18,31H,7-10,17H2,1-3H3,(H,27,30). The predicted octanol–water partition coefficient (Wildman–Crippen LogP) is 4.23. The van der Waals surface area contributed by atoms with Crippen LogP contribution in [0.4, 0.5) is 0 Å². The summed E-state index contributed by atoms with van der Waals surface area (Å²) in [6, 6.07) is 15.0. The molecule has 7 heteroatoms. The van der Waals surface area contributed by atoms with Gasteiger partial charge in [0.15, 0.2) is 0 Å². The minimum absolute atomic E-state index is 0.187. The molecule has 2 N–H and O–H groups in total. The largest absolute Gasteiger partial charge is 0.497 e. The summed E-state index contributed by atoms with van der Waals surface area (Å²) in [5.41, 5.74) is 1.48. The first kappa shape index (κ1) is 22.9. The summed E-state index contributed by atoms with van der Waals surface area (Å²) in [4.78, 5) is 13.3. The summed E-state index contributed by atoms with van der Waals surface area (Å²) in [5.74, 6) is 1.12. The van der Waals surface area contributed by atoms with Gasteiger partial charge >= 0.3 is 0 Å². The van der Waals surface area contributed by atoms with Crippen LogP contribution in [-0.2, 0) is 0 Å². The Balaban J connectivity index is 1.69. The lowest BCUT2D eigenvalue weighted by Crippen LogP contribution is -2.45. The van der Waals surface area contributed by atoms with E-state index in [1.165, 1.54) is 0 Å². The first-order chi connectivity index (χ1) is 15.9. The number of aliphatic hydroxyl groups is 1. The van der Waals surface area contributed by atoms with Crippen molar-refractivity contribution in [2.75, 3.05) is 20.8 Å². The Hall–Kier alpha value is -3.32. The van der Waals surface area contributed by atoms with Gasteiger partial charge in [0.2, 0.25) is 0 Å². The molecule has 33 heavy (non-hydrogen) atoms. The normalized spacial score (nSPS) is 15.8. The number of hydrogen-bond donors (Lipinski definition) is 2. The van der Waals surface area contributed by atoms with Crippen LogP contribution in [0, 0.1) is 5.92 Å². The summed E-state index contributed by atoms with van der Waals surface area (Å²) < 4.78 is 12.6. The van der Waals surface area contributed by atoms with E-state index in [1.807, 2.05) is 49.4 Å². The van der Waals surface area contributed by atoms with Crippen molar-refractivity contribution in [2.24, 2.45) is 5.92 Å². The number of amides is 1. The fourth-order valence-electron chi connectivity index (χ4n) is 4.49. The highest BCUT2D eigenvalue weighted by Gasteiger charge is 2.34. The van der Waals surface area contributed by atoms with Gasteiger partial charge in [-0.3, -0.25) is 4.79 Å². The van der Waals surface area contributed by atoms with Gasteiger partial charge in [-0.2, -0.15) is 5.10 Å². The number of carbonyl (C=O) groups is 1. The molecule has 1 saturated carbocycles. The second kappa shape index (κ2) is 9.67. The lowest BCUT2D eigenvalue weighted by Gasteiger charge is -2.30. The smallest absolute Gasteiger partial charge is 0.255 e. The highest BCUT2D eigenvalue weighted by molar-refractivity contribution is 6.00. The topological polar surface area (TPSA) is 85.6 Å². The van der Waals surface area contributed by atoms with Crippen LogP contribution >= 0.6 is 0 Å². The molecular weight excluding hydrogens is 418 g/mol. The number of carbonyl (C=O) groups excluding carboxylic acids is 1. The van der Waals surface area contributed by atoms with Crippen LogP contribution in [0.3, 0.4) is 0 Å². The molecule has 0 bridgehead atoms. The summed E-state index contributed by atoms with van der Waals surface area (Å²) in [5, 5.41) is 18.6. The Morgan fingerprint density at radius 3 is 2.55 bits per heavy atom. The molecule has 1 aromatic heterocycles. The van der Waals surface area contributed by atoms with E-state index in [1.54, 1.807) is 31.2 Å². The summed E-state index contributed by atoms with van der Waals surface area (Å²) in [6.07, 6.45) is 5.94. The van der Waals surface area contributed by atoms with Gasteiger partial charge in [0, 0.05) is 24.4 Å². The van der Waals surface area contributed by atoms with Crippen LogP contribution in [-0.4, -0.2) is 47.2 Å². The molecule has 7 nitrogen and oxygen atoms in total. The van der Waals surface area contributed by atoms with Crippen molar-refractivity contribution in [2.45, 2.75) is 38.2 Å². The number of nitrogens with zero attached hydrogens (tertiary/aromatic N) is 2. The van der Waals surface area contributed by atoms with Gasteiger partial charge in [-0.25, -0.2) is 4.68 Å². The maximum absolute atomic E-state index is 13.3. The van der Waals surface area contributed by atoms with E-state index in [0.717, 1.165) is 31.4 Å². The van der Waals surface area contributed by atoms with E-state index in [9.17, 15) is 9.90 Å². The molecule has 3 aromatic rings. The van der Waals surface area contributed by atoms with E-state index in [-0.39, 0.29) is 18.4 Å². The zero-order valence-electron chi connectivity index (χ0n) is 19.4. The van der Waals surface area contributed by atoms with E-state index in [0.29, 0.717) is 28.3 Å². The maximum atomic E-state index is 13.3. The molecule has 0 spiro atoms. The molecule has 2 aromatic carbocycles. The van der Waals surface area contributed by atoms with Crippen molar-refractivity contribution in [1.82, 2.24) is 15.1 Å². The van der Waals surface area contributed by atoms with Crippen molar-refractivity contribution in [1.29, 1.82) is 0 Å². The van der Waals surface area contributed by atoms with E-state index < -0.39 is 5.60 Å². The van der Waals surface area contributed by atoms with Gasteiger partial charge in [0.25, 0.3) is 5.91 Å². The zero-order valence-corrected chi connectivity index (χ0v) is 19.4. The first-order valence-electron chi connectivity index (χ1n) is 11.3. The molecule has 4 rings (SSSR count). The van der Waals surface area contributed by atoms with Crippen LogP contribution in [0.2, 0.25) is 0 Å². The number of nitrogens with one attached hydrogen (secondary N) is 1. The minimum Gasteiger partial charge on any atom is -0.497 e. The average Bonchev–Trinajstić information content (AvgIpc) is 3.54. The molecule has 0 aliphatic heterocycles. The van der Waals surface area contributed by atoms with Gasteiger partial charge in [0.05, 0.1) is 31.1 Å². The number of rotatable bonds is 8. The highest BCUT2D eigenvalue weighted by Crippen LogP contribution is 2.36. The lowest BCUT2D eigenvalue weighted by molar-refractivity contribution is 0.00285. The molecule has 1 aliphatic rings. The Morgan fingerprint density at radius 2 is 1.88 bits per heavy atom. The molecule has 1 atom stereocenters. The Kier molecular flexibility index (Phi) is 6.70. The Morgan fingerprint density at radius 1 is 1.15 bits per heavy atom. The molecule has 0 radical (unpaired) electrons. The minimum atomic E-state index is -0.945. The van der Waals surface area contributed by atoms with Crippen molar-refractivity contribution in [3.05, 3.63) is 60.3 Å². The lowest BCUT2D eigenvalue weighted by atomic mass is 9.87. The predicted molar refractivity (Wildman–Crippen MR) is 127 cm³/mol.